The van der Waals surface area contributed by atoms with Crippen molar-refractivity contribution in [3.63, 3.8) is 0 Å². The van der Waals surface area contributed by atoms with Crippen molar-refractivity contribution < 1.29 is 4.79 Å². The van der Waals surface area contributed by atoms with Crippen LogP contribution in [0.4, 0.5) is 0 Å². The summed E-state index contributed by atoms with van der Waals surface area (Å²) in [6.45, 7) is 12.5. The second kappa shape index (κ2) is 9.43. The Morgan fingerprint density at radius 2 is 1.12 bits per heavy atom. The van der Waals surface area contributed by atoms with Gasteiger partial charge < -0.3 is 0 Å². The minimum Gasteiger partial charge on any atom is -0.284 e. The van der Waals surface area contributed by atoms with Gasteiger partial charge in [-0.25, -0.2) is 0 Å². The zero-order valence-electron chi connectivity index (χ0n) is 20.5. The Hall–Kier alpha value is -4.06. The van der Waals surface area contributed by atoms with Crippen molar-refractivity contribution in [3.05, 3.63) is 112 Å². The van der Waals surface area contributed by atoms with Crippen LogP contribution in [0.15, 0.2) is 82.4 Å². The molecule has 172 valence electrons. The fraction of sp³-hybridized carbons (Fsp3) is 0.214. The van der Waals surface area contributed by atoms with E-state index in [-0.39, 0.29) is 0 Å². The molecule has 0 fully saturated rings. The fourth-order valence-corrected chi connectivity index (χ4v) is 4.67. The molecule has 0 saturated heterocycles. The Bertz CT molecular complexity index is 1350. The lowest BCUT2D eigenvalue weighted by molar-refractivity contribution is 0.0993. The van der Waals surface area contributed by atoms with Crippen molar-refractivity contribution in [1.82, 2.24) is 9.13 Å². The van der Waals surface area contributed by atoms with E-state index in [4.69, 9.17) is 0 Å². The van der Waals surface area contributed by atoms with E-state index in [9.17, 15) is 4.79 Å². The molecule has 0 bridgehead atoms. The fourth-order valence-electron chi connectivity index (χ4n) is 4.67. The highest BCUT2D eigenvalue weighted by molar-refractivity contribution is 5.94. The lowest BCUT2D eigenvalue weighted by Gasteiger charge is -2.14. The molecule has 6 heteroatoms. The van der Waals surface area contributed by atoms with Gasteiger partial charge in [0.2, 0.25) is 5.62 Å². The molecule has 0 N–H and O–H groups in total. The molecule has 0 aliphatic rings. The Kier molecular flexibility index (Phi) is 6.41. The van der Waals surface area contributed by atoms with Crippen molar-refractivity contribution in [2.75, 3.05) is 0 Å². The molecule has 0 saturated carbocycles. The zero-order chi connectivity index (χ0) is 24.4. The lowest BCUT2D eigenvalue weighted by Crippen LogP contribution is -2.25. The average molecular weight is 452 g/mol. The maximum atomic E-state index is 12.4. The summed E-state index contributed by atoms with van der Waals surface area (Å²) in [7, 11) is 0. The van der Waals surface area contributed by atoms with Gasteiger partial charge in [-0.1, -0.05) is 63.8 Å². The van der Waals surface area contributed by atoms with Crippen LogP contribution in [0.5, 0.6) is 0 Å². The van der Waals surface area contributed by atoms with Crippen molar-refractivity contribution in [2.45, 2.75) is 41.5 Å². The highest BCUT2D eigenvalue weighted by Gasteiger charge is 2.14. The summed E-state index contributed by atoms with van der Waals surface area (Å²) in [6.07, 6.45) is 3.97. The first kappa shape index (κ1) is 23.1. The Morgan fingerprint density at radius 3 is 1.56 bits per heavy atom. The monoisotopic (exact) mass is 451 g/mol. The molecular weight excluding hydrogens is 422 g/mol. The van der Waals surface area contributed by atoms with Crippen LogP contribution in [-0.2, 0) is 0 Å². The predicted molar refractivity (Wildman–Crippen MR) is 135 cm³/mol. The molecule has 1 amide bonds. The summed E-state index contributed by atoms with van der Waals surface area (Å²) in [5.74, 6) is -0.431. The van der Waals surface area contributed by atoms with Crippen LogP contribution < -0.4 is 5.62 Å². The van der Waals surface area contributed by atoms with Crippen molar-refractivity contribution in [1.29, 1.82) is 0 Å². The van der Waals surface area contributed by atoms with E-state index in [0.717, 1.165) is 33.6 Å². The van der Waals surface area contributed by atoms with Crippen LogP contribution in [0.1, 0.15) is 43.7 Å². The zero-order valence-corrected chi connectivity index (χ0v) is 20.5. The van der Waals surface area contributed by atoms with E-state index >= 15 is 0 Å². The number of hydrogen-bond donors (Lipinski definition) is 0. The summed E-state index contributed by atoms with van der Waals surface area (Å²) in [4.78, 5) is 12.4. The summed E-state index contributed by atoms with van der Waals surface area (Å²) in [5.41, 5.74) is 10.0. The minimum atomic E-state index is -0.431. The first-order valence-corrected chi connectivity index (χ1v) is 11.3. The molecule has 6 nitrogen and oxygen atoms in total. The first-order valence-electron chi connectivity index (χ1n) is 11.3. The average Bonchev–Trinajstić information content (AvgIpc) is 3.16. The number of carbonyl (C=O) groups excluding carboxylic acids is 1. The smallest absolute Gasteiger partial charge is 0.284 e. The van der Waals surface area contributed by atoms with Gasteiger partial charge in [0.1, 0.15) is 0 Å². The Balaban J connectivity index is 1.93. The molecule has 34 heavy (non-hydrogen) atoms. The van der Waals surface area contributed by atoms with E-state index in [1.807, 2.05) is 27.6 Å². The Labute approximate surface area is 199 Å². The minimum absolute atomic E-state index is 0.431. The quantitative estimate of drug-likeness (QED) is 0.268. The van der Waals surface area contributed by atoms with Crippen molar-refractivity contribution in [2.24, 2.45) is 15.4 Å². The third-order valence-corrected chi connectivity index (χ3v) is 5.84. The van der Waals surface area contributed by atoms with Gasteiger partial charge in [-0.05, 0) is 81.2 Å². The number of carbonyl (C=O) groups is 1. The second-order valence-corrected chi connectivity index (χ2v) is 8.79. The predicted octanol–water partition coefficient (Wildman–Crippen LogP) is 6.23. The summed E-state index contributed by atoms with van der Waals surface area (Å²) in [5, 5.41) is 12.3. The molecule has 0 aliphatic heterocycles. The van der Waals surface area contributed by atoms with Gasteiger partial charge in [0, 0.05) is 18.0 Å². The van der Waals surface area contributed by atoms with Gasteiger partial charge in [0.15, 0.2) is 0 Å². The number of aromatic nitrogens is 2. The maximum Gasteiger partial charge on any atom is 0.297 e. The number of nitrogens with zero attached hydrogens (tertiary/aromatic N) is 5. The lowest BCUT2D eigenvalue weighted by atomic mass is 10.0. The van der Waals surface area contributed by atoms with Gasteiger partial charge in [-0.15, -0.1) is 0 Å². The summed E-state index contributed by atoms with van der Waals surface area (Å²) in [6, 6.07) is 17.5. The van der Waals surface area contributed by atoms with E-state index in [0.29, 0.717) is 11.2 Å². The number of amides is 1. The maximum absolute atomic E-state index is 12.4. The summed E-state index contributed by atoms with van der Waals surface area (Å²) >= 11 is 0. The van der Waals surface area contributed by atoms with Gasteiger partial charge in [-0.3, -0.25) is 13.9 Å². The Morgan fingerprint density at radius 1 is 0.676 bits per heavy atom. The van der Waals surface area contributed by atoms with E-state index in [1.165, 1.54) is 11.1 Å². The van der Waals surface area contributed by atoms with Gasteiger partial charge in [-0.2, -0.15) is 0 Å². The molecule has 0 radical (unpaired) electrons. The topological polar surface area (TPSA) is 64.0 Å². The van der Waals surface area contributed by atoms with E-state index in [2.05, 4.69) is 81.2 Å². The third-order valence-electron chi connectivity index (χ3n) is 5.84. The molecule has 0 aliphatic carbocycles. The number of aryl methyl sites for hydroxylation is 6. The molecular formula is C28H29N5O. The highest BCUT2D eigenvalue weighted by Crippen LogP contribution is 2.23. The van der Waals surface area contributed by atoms with Crippen molar-refractivity contribution in [3.8, 4) is 11.4 Å². The van der Waals surface area contributed by atoms with Crippen molar-refractivity contribution >= 4 is 5.91 Å². The number of hydrogen-bond acceptors (Lipinski definition) is 2. The SMILES string of the molecule is Cc1cc(C)c(-n2ccn(-c3c(C)cc(C)cc3C)c2=NN=NC(=O)c2ccccc2)c(C)c1. The number of imidazole rings is 1. The molecule has 0 atom stereocenters. The largest absolute Gasteiger partial charge is 0.297 e. The van der Waals surface area contributed by atoms with Crippen LogP contribution in [0.3, 0.4) is 0 Å². The molecule has 0 spiro atoms. The number of rotatable bonds is 4. The molecule has 1 aromatic heterocycles. The third kappa shape index (κ3) is 4.53. The normalized spacial score (nSPS) is 11.2. The standard InChI is InChI=1S/C28H29N5O/c1-18-14-20(3)25(21(4)15-18)32-12-13-33(26-22(5)16-19(2)17-23(26)6)28(32)30-31-29-27(34)24-10-8-7-9-11-24/h7-17H,1-6H3. The summed E-state index contributed by atoms with van der Waals surface area (Å²) < 4.78 is 4.02. The van der Waals surface area contributed by atoms with Gasteiger partial charge >= 0.3 is 0 Å². The highest BCUT2D eigenvalue weighted by atomic mass is 16.1. The molecule has 4 rings (SSSR count). The van der Waals surface area contributed by atoms with E-state index < -0.39 is 5.91 Å². The second-order valence-electron chi connectivity index (χ2n) is 8.79. The molecule has 4 aromatic rings. The van der Waals surface area contributed by atoms with Crippen LogP contribution in [0.25, 0.3) is 11.4 Å². The molecule has 0 unspecified atom stereocenters. The van der Waals surface area contributed by atoms with Crippen LogP contribution in [-0.4, -0.2) is 15.0 Å². The van der Waals surface area contributed by atoms with Crippen LogP contribution in [0.2, 0.25) is 0 Å². The van der Waals surface area contributed by atoms with Crippen LogP contribution in [0, 0.1) is 41.5 Å². The number of benzene rings is 3. The first-order chi connectivity index (χ1) is 16.3. The molecule has 1 heterocycles. The van der Waals surface area contributed by atoms with E-state index in [1.54, 1.807) is 24.3 Å². The van der Waals surface area contributed by atoms with Gasteiger partial charge in [0.05, 0.1) is 11.4 Å². The van der Waals surface area contributed by atoms with Crippen LogP contribution >= 0.6 is 0 Å². The van der Waals surface area contributed by atoms with Gasteiger partial charge in [0.25, 0.3) is 5.91 Å². The molecule has 3 aromatic carbocycles.